The fourth-order valence-corrected chi connectivity index (χ4v) is 10.0. The van der Waals surface area contributed by atoms with Crippen molar-refractivity contribution >= 4 is 24.1 Å². The van der Waals surface area contributed by atoms with E-state index >= 15 is 8.78 Å². The van der Waals surface area contributed by atoms with Crippen LogP contribution in [0, 0.1) is 18.6 Å². The molecule has 0 fully saturated rings. The summed E-state index contributed by atoms with van der Waals surface area (Å²) in [7, 11) is -0.0757. The van der Waals surface area contributed by atoms with Crippen molar-refractivity contribution in [3.05, 3.63) is 243 Å². The van der Waals surface area contributed by atoms with E-state index in [1.165, 1.54) is 6.07 Å². The van der Waals surface area contributed by atoms with Crippen LogP contribution in [0.2, 0.25) is 0 Å². The van der Waals surface area contributed by atoms with Crippen LogP contribution in [0.4, 0.5) is 22.0 Å². The molecule has 1 aliphatic heterocycles. The van der Waals surface area contributed by atoms with E-state index < -0.39 is 30.6 Å². The van der Waals surface area contributed by atoms with Gasteiger partial charge in [-0.3, -0.25) is 0 Å². The van der Waals surface area contributed by atoms with Crippen molar-refractivity contribution in [3.63, 3.8) is 0 Å². The first-order valence-corrected chi connectivity index (χ1v) is 27.3. The van der Waals surface area contributed by atoms with Gasteiger partial charge in [0, 0.05) is 45.7 Å². The van der Waals surface area contributed by atoms with Crippen LogP contribution in [0.3, 0.4) is 0 Å². The van der Waals surface area contributed by atoms with E-state index in [9.17, 15) is 13.2 Å². The number of alkyl halides is 3. The summed E-state index contributed by atoms with van der Waals surface area (Å²) in [5.41, 5.74) is 10.9. The number of methoxy groups -OCH3 is 1. The minimum absolute atomic E-state index is 0.0335. The number of ether oxygens (including phenoxy) is 1. The fraction of sp³-hybridized carbons (Fsp3) is 0.271. The maximum absolute atomic E-state index is 15.9. The van der Waals surface area contributed by atoms with Gasteiger partial charge in [0.05, 0.1) is 29.8 Å². The number of aryl methyl sites for hydroxylation is 1. The number of aromatic nitrogens is 1. The second-order valence-electron chi connectivity index (χ2n) is 25.0. The number of allylic oxidation sites excluding steroid dienone is 2. The average molecular weight is 1090 g/mol. The molecular formula is C70H70BF5N2O3. The molecule has 0 unspecified atom stereocenters. The van der Waals surface area contributed by atoms with Crippen molar-refractivity contribution < 1.29 is 36.0 Å². The zero-order valence-electron chi connectivity index (χ0n) is 48.8. The highest BCUT2D eigenvalue weighted by atomic mass is 19.4. The van der Waals surface area contributed by atoms with Crippen LogP contribution in [-0.2, 0) is 27.8 Å². The first-order valence-electron chi connectivity index (χ1n) is 27.3. The van der Waals surface area contributed by atoms with E-state index in [4.69, 9.17) is 19.0 Å². The third-order valence-electron chi connectivity index (χ3n) is 14.9. The smallest absolute Gasteiger partial charge is 0.506 e. The quantitative estimate of drug-likeness (QED) is 0.0905. The Morgan fingerprint density at radius 1 is 0.506 bits per heavy atom. The third-order valence-corrected chi connectivity index (χ3v) is 14.9. The lowest BCUT2D eigenvalue weighted by atomic mass is 9.84. The monoisotopic (exact) mass is 1090 g/mol. The van der Waals surface area contributed by atoms with Crippen LogP contribution in [0.25, 0.3) is 33.5 Å². The van der Waals surface area contributed by atoms with Crippen molar-refractivity contribution in [2.45, 2.75) is 118 Å². The summed E-state index contributed by atoms with van der Waals surface area (Å²) in [4.78, 5) is 5.69. The summed E-state index contributed by atoms with van der Waals surface area (Å²) >= 11 is 0. The van der Waals surface area contributed by atoms with Crippen molar-refractivity contribution in [3.8, 4) is 39.6 Å². The van der Waals surface area contributed by atoms with E-state index in [1.807, 2.05) is 46.9 Å². The summed E-state index contributed by atoms with van der Waals surface area (Å²) in [5, 5.41) is 0. The minimum atomic E-state index is -4.99. The molecule has 0 bridgehead atoms. The molecule has 0 atom stereocenters. The number of rotatable bonds is 12. The Labute approximate surface area is 475 Å². The highest BCUT2D eigenvalue weighted by Crippen LogP contribution is 2.48. The number of para-hydroxylation sites is 1. The van der Waals surface area contributed by atoms with Gasteiger partial charge in [-0.15, -0.1) is 0 Å². The molecule has 0 N–H and O–H groups in total. The molecule has 0 saturated carbocycles. The first kappa shape index (κ1) is 57.8. The molecule has 0 spiro atoms. The molecular weight excluding hydrogens is 1020 g/mol. The van der Waals surface area contributed by atoms with Gasteiger partial charge in [0.25, 0.3) is 0 Å². The number of halogens is 5. The van der Waals surface area contributed by atoms with Gasteiger partial charge in [-0.2, -0.15) is 13.2 Å². The number of benzene rings is 7. The Balaban J connectivity index is 1.48. The van der Waals surface area contributed by atoms with Crippen LogP contribution in [-0.4, -0.2) is 24.6 Å². The lowest BCUT2D eigenvalue weighted by molar-refractivity contribution is -0.140. The average Bonchev–Trinajstić information content (AvgIpc) is 4.14. The van der Waals surface area contributed by atoms with Gasteiger partial charge < -0.3 is 18.5 Å². The fourth-order valence-electron chi connectivity index (χ4n) is 10.0. The predicted molar refractivity (Wildman–Crippen MR) is 321 cm³/mol. The molecule has 5 nitrogen and oxygen atoms in total. The van der Waals surface area contributed by atoms with Gasteiger partial charge >= 0.3 is 13.4 Å². The van der Waals surface area contributed by atoms with Crippen LogP contribution >= 0.6 is 0 Å². The van der Waals surface area contributed by atoms with Gasteiger partial charge in [-0.05, 0) is 109 Å². The third kappa shape index (κ3) is 12.4. The summed E-state index contributed by atoms with van der Waals surface area (Å²) in [5.74, 6) is -1.86. The van der Waals surface area contributed by atoms with E-state index in [2.05, 4.69) is 174 Å². The molecule has 1 aliphatic rings. The number of aliphatic imine (C=N–C) groups is 1. The molecule has 9 rings (SSSR count). The summed E-state index contributed by atoms with van der Waals surface area (Å²) < 4.78 is 96.2. The number of hydrogen-bond acceptors (Lipinski definition) is 4. The number of nitrogens with zero attached hydrogens (tertiary/aromatic N) is 2. The Morgan fingerprint density at radius 3 is 1.43 bits per heavy atom. The maximum atomic E-state index is 15.9. The molecule has 7 aromatic carbocycles. The van der Waals surface area contributed by atoms with Gasteiger partial charge in [0.1, 0.15) is 28.9 Å². The Kier molecular flexibility index (Phi) is 15.6. The molecule has 1 aromatic heterocycles. The zero-order chi connectivity index (χ0) is 58.6. The lowest BCUT2D eigenvalue weighted by Crippen LogP contribution is -2.40. The molecule has 0 amide bonds. The zero-order valence-corrected chi connectivity index (χ0v) is 48.8. The van der Waals surface area contributed by atoms with Crippen molar-refractivity contribution in [1.29, 1.82) is 0 Å². The largest absolute Gasteiger partial charge is 0.743 e. The lowest BCUT2D eigenvalue weighted by Gasteiger charge is -2.25. The minimum Gasteiger partial charge on any atom is -0.506 e. The molecule has 0 saturated heterocycles. The van der Waals surface area contributed by atoms with Crippen LogP contribution in [0.5, 0.6) is 17.2 Å². The van der Waals surface area contributed by atoms with Crippen LogP contribution in [0.1, 0.15) is 139 Å². The summed E-state index contributed by atoms with van der Waals surface area (Å²) in [6.45, 7) is 27.5. The van der Waals surface area contributed by atoms with Gasteiger partial charge in [-0.1, -0.05) is 204 Å². The highest BCUT2D eigenvalue weighted by molar-refractivity contribution is 6.46. The van der Waals surface area contributed by atoms with E-state index in [1.54, 1.807) is 26.2 Å². The van der Waals surface area contributed by atoms with Crippen molar-refractivity contribution in [1.82, 2.24) is 4.48 Å². The summed E-state index contributed by atoms with van der Waals surface area (Å²) in [6, 6.07) is 49.9. The van der Waals surface area contributed by atoms with E-state index in [0.29, 0.717) is 68.5 Å². The van der Waals surface area contributed by atoms with Crippen LogP contribution < -0.4 is 14.0 Å². The molecule has 0 radical (unpaired) electrons. The molecule has 11 heteroatoms. The second-order valence-corrected chi connectivity index (χ2v) is 25.0. The molecule has 81 heavy (non-hydrogen) atoms. The van der Waals surface area contributed by atoms with Gasteiger partial charge in [0.2, 0.25) is 0 Å². The molecule has 416 valence electrons. The van der Waals surface area contributed by atoms with Crippen molar-refractivity contribution in [2.75, 3.05) is 7.11 Å². The molecule has 8 aromatic rings. The Morgan fingerprint density at radius 2 is 0.963 bits per heavy atom. The number of hydrogen-bond donors (Lipinski definition) is 0. The predicted octanol–water partition coefficient (Wildman–Crippen LogP) is 19.0. The SMILES string of the molecule is COc1ccccc1/C(=C1/N=C(c2ccc(C(C)(C)C)cc2)C=C1c1ccc(C(C)(C)C)cc1)c1c(-c2ccc(C(C)(C)C)cc2)cc(-c2ccc(C(C)(C)C)cc2)n1B(Oc1ccc(C)c(F)c1)Oc1ccc(C(F)(F)F)c(F)c1. The van der Waals surface area contributed by atoms with Gasteiger partial charge in [0.15, 0.2) is 0 Å². The van der Waals surface area contributed by atoms with E-state index in [0.717, 1.165) is 50.6 Å². The molecule has 0 aliphatic carbocycles. The van der Waals surface area contributed by atoms with E-state index in [-0.39, 0.29) is 33.2 Å². The highest BCUT2D eigenvalue weighted by Gasteiger charge is 2.40. The summed E-state index contributed by atoms with van der Waals surface area (Å²) in [6.07, 6.45) is -2.89. The molecule has 2 heterocycles. The Bertz CT molecular complexity index is 3710. The second kappa shape index (κ2) is 21.9. The normalized spacial score (nSPS) is 13.9. The van der Waals surface area contributed by atoms with Crippen LogP contribution in [0.15, 0.2) is 181 Å². The maximum Gasteiger partial charge on any atom is 0.743 e. The van der Waals surface area contributed by atoms with Gasteiger partial charge in [-0.25, -0.2) is 13.8 Å². The Hall–Kier alpha value is -7.92. The first-order chi connectivity index (χ1) is 38.0. The van der Waals surface area contributed by atoms with Crippen molar-refractivity contribution in [2.24, 2.45) is 4.99 Å². The standard InChI is InChI=1S/C70H70BF5N2O3/c1-43-19-36-52(39-58(43)72)80-71(81-53-37-38-57(59(73)40-53)70(74,75)76)78-61(47-26-34-51(35-27-47)69(11,12)13)42-56(45-22-30-49(31-23-45)67(5,6)7)65(78)63(54-17-15-16-18-62(54)79-14)64-55(44-20-28-48(29-21-44)66(2,3)4)41-60(77-64)46-24-32-50(33-25-46)68(8,9)10/h15-42H,1-14H3/b64-63-. The topological polar surface area (TPSA) is 45.0 Å².